The van der Waals surface area contributed by atoms with Gasteiger partial charge in [-0.2, -0.15) is 10.2 Å². The second-order valence-electron chi connectivity index (χ2n) is 5.70. The molecular formula is C19H20N4. The van der Waals surface area contributed by atoms with Crippen molar-refractivity contribution in [2.24, 2.45) is 9.98 Å². The lowest BCUT2D eigenvalue weighted by Crippen LogP contribution is -1.94. The number of allylic oxidation sites excluding steroid dienone is 4. The molecule has 1 aliphatic carbocycles. The minimum absolute atomic E-state index is 0.717. The summed E-state index contributed by atoms with van der Waals surface area (Å²) < 4.78 is 0. The van der Waals surface area contributed by atoms with E-state index in [1.165, 1.54) is 16.7 Å². The van der Waals surface area contributed by atoms with Crippen LogP contribution in [0.25, 0.3) is 16.5 Å². The molecule has 0 atom stereocenters. The quantitative estimate of drug-likeness (QED) is 0.602. The molecule has 0 amide bonds. The van der Waals surface area contributed by atoms with E-state index in [0.29, 0.717) is 0 Å². The fourth-order valence-corrected chi connectivity index (χ4v) is 2.87. The van der Waals surface area contributed by atoms with E-state index < -0.39 is 0 Å². The standard InChI is InChI=1S/C19H20N4/c1-13-17(6-4-5-7-18(13)22-14(2)20-3)15-8-9-19-16(12-15)10-11-21-23-19/h6,8-12H,3-5,7H2,1-2H3/b22-14-. The molecule has 0 spiro atoms. The largest absolute Gasteiger partial charge is 0.250 e. The molecule has 1 aromatic heterocycles. The smallest absolute Gasteiger partial charge is 0.124 e. The summed E-state index contributed by atoms with van der Waals surface area (Å²) >= 11 is 0. The van der Waals surface area contributed by atoms with E-state index >= 15 is 0 Å². The van der Waals surface area contributed by atoms with Crippen LogP contribution in [-0.2, 0) is 0 Å². The van der Waals surface area contributed by atoms with Crippen LogP contribution in [0.5, 0.6) is 0 Å². The van der Waals surface area contributed by atoms with Gasteiger partial charge in [-0.1, -0.05) is 12.1 Å². The van der Waals surface area contributed by atoms with E-state index in [-0.39, 0.29) is 0 Å². The predicted molar refractivity (Wildman–Crippen MR) is 96.7 cm³/mol. The Labute approximate surface area is 136 Å². The van der Waals surface area contributed by atoms with Gasteiger partial charge in [0.15, 0.2) is 0 Å². The van der Waals surface area contributed by atoms with Crippen molar-refractivity contribution in [3.63, 3.8) is 0 Å². The maximum absolute atomic E-state index is 4.64. The van der Waals surface area contributed by atoms with Gasteiger partial charge in [-0.25, -0.2) is 9.98 Å². The van der Waals surface area contributed by atoms with Gasteiger partial charge < -0.3 is 0 Å². The molecule has 4 heteroatoms. The molecule has 116 valence electrons. The Morgan fingerprint density at radius 2 is 2.13 bits per heavy atom. The van der Waals surface area contributed by atoms with Crippen LogP contribution >= 0.6 is 0 Å². The molecule has 0 aliphatic heterocycles. The van der Waals surface area contributed by atoms with Gasteiger partial charge in [0.2, 0.25) is 0 Å². The Morgan fingerprint density at radius 3 is 2.96 bits per heavy atom. The van der Waals surface area contributed by atoms with Crippen molar-refractivity contribution >= 4 is 29.0 Å². The zero-order chi connectivity index (χ0) is 16.2. The lowest BCUT2D eigenvalue weighted by atomic mass is 9.96. The number of aliphatic imine (C=N–C) groups is 2. The van der Waals surface area contributed by atoms with Gasteiger partial charge >= 0.3 is 0 Å². The van der Waals surface area contributed by atoms with Gasteiger partial charge in [0, 0.05) is 11.1 Å². The number of aromatic nitrogens is 2. The monoisotopic (exact) mass is 304 g/mol. The third kappa shape index (κ3) is 3.26. The van der Waals surface area contributed by atoms with Crippen molar-refractivity contribution in [2.45, 2.75) is 33.1 Å². The number of fused-ring (bicyclic) bond motifs is 1. The Morgan fingerprint density at radius 1 is 1.26 bits per heavy atom. The number of rotatable bonds is 2. The van der Waals surface area contributed by atoms with Gasteiger partial charge in [0.05, 0.1) is 11.7 Å². The van der Waals surface area contributed by atoms with Gasteiger partial charge in [0.25, 0.3) is 0 Å². The molecule has 1 aliphatic rings. The summed E-state index contributed by atoms with van der Waals surface area (Å²) in [5.74, 6) is 0.717. The molecule has 0 fully saturated rings. The Bertz CT molecular complexity index is 843. The molecule has 0 radical (unpaired) electrons. The molecule has 0 saturated carbocycles. The van der Waals surface area contributed by atoms with Crippen molar-refractivity contribution < 1.29 is 0 Å². The maximum Gasteiger partial charge on any atom is 0.124 e. The van der Waals surface area contributed by atoms with Crippen LogP contribution in [-0.4, -0.2) is 22.8 Å². The van der Waals surface area contributed by atoms with Gasteiger partial charge in [-0.05, 0) is 74.7 Å². The topological polar surface area (TPSA) is 50.5 Å². The highest BCUT2D eigenvalue weighted by Gasteiger charge is 2.13. The molecule has 0 unspecified atom stereocenters. The summed E-state index contributed by atoms with van der Waals surface area (Å²) in [6.45, 7) is 7.58. The van der Waals surface area contributed by atoms with E-state index in [9.17, 15) is 0 Å². The molecule has 2 aromatic rings. The molecule has 0 bridgehead atoms. The third-order valence-corrected chi connectivity index (χ3v) is 4.15. The summed E-state index contributed by atoms with van der Waals surface area (Å²) in [4.78, 5) is 8.55. The highest BCUT2D eigenvalue weighted by molar-refractivity contribution is 5.88. The average molecular weight is 304 g/mol. The number of benzene rings is 1. The SMILES string of the molecule is C=N/C(C)=N\C1=C(C)C(c2ccc3nnccc3c2)=CCCC1. The highest BCUT2D eigenvalue weighted by Crippen LogP contribution is 2.33. The minimum Gasteiger partial charge on any atom is -0.250 e. The second kappa shape index (κ2) is 6.65. The highest BCUT2D eigenvalue weighted by atomic mass is 15.1. The number of nitrogens with zero attached hydrogens (tertiary/aromatic N) is 4. The molecule has 0 saturated heterocycles. The fraction of sp³-hybridized carbons (Fsp3) is 0.263. The van der Waals surface area contributed by atoms with E-state index in [2.05, 4.69) is 52.0 Å². The zero-order valence-corrected chi connectivity index (χ0v) is 13.6. The van der Waals surface area contributed by atoms with Crippen LogP contribution in [0.3, 0.4) is 0 Å². The molecule has 4 nitrogen and oxygen atoms in total. The van der Waals surface area contributed by atoms with Gasteiger partial charge in [-0.3, -0.25) is 0 Å². The van der Waals surface area contributed by atoms with Crippen LogP contribution < -0.4 is 0 Å². The Hall–Kier alpha value is -2.62. The van der Waals surface area contributed by atoms with Crippen molar-refractivity contribution in [2.75, 3.05) is 0 Å². The van der Waals surface area contributed by atoms with Crippen molar-refractivity contribution in [1.29, 1.82) is 0 Å². The number of hydrogen-bond donors (Lipinski definition) is 0. The molecule has 23 heavy (non-hydrogen) atoms. The minimum atomic E-state index is 0.717. The first-order valence-electron chi connectivity index (χ1n) is 7.83. The maximum atomic E-state index is 4.64. The average Bonchev–Trinajstić information content (AvgIpc) is 2.76. The first-order chi connectivity index (χ1) is 11.2. The van der Waals surface area contributed by atoms with Crippen LogP contribution in [0.2, 0.25) is 0 Å². The molecule has 0 N–H and O–H groups in total. The number of amidine groups is 1. The van der Waals surface area contributed by atoms with Crippen molar-refractivity contribution in [3.05, 3.63) is 53.4 Å². The normalized spacial score (nSPS) is 16.3. The van der Waals surface area contributed by atoms with E-state index in [1.807, 2.05) is 19.1 Å². The van der Waals surface area contributed by atoms with Crippen LogP contribution in [0.1, 0.15) is 38.7 Å². The molecule has 3 rings (SSSR count). The van der Waals surface area contributed by atoms with E-state index in [1.54, 1.807) is 6.20 Å². The lowest BCUT2D eigenvalue weighted by molar-refractivity contribution is 0.829. The summed E-state index contributed by atoms with van der Waals surface area (Å²) in [5.41, 5.74) is 5.68. The molecular weight excluding hydrogens is 284 g/mol. The second-order valence-corrected chi connectivity index (χ2v) is 5.70. The number of hydrogen-bond acceptors (Lipinski definition) is 3. The summed E-state index contributed by atoms with van der Waals surface area (Å²) in [6.07, 6.45) is 7.16. The summed E-state index contributed by atoms with van der Waals surface area (Å²) in [5, 5.41) is 9.18. The Balaban J connectivity index is 2.09. The van der Waals surface area contributed by atoms with Crippen LogP contribution in [0.15, 0.2) is 57.8 Å². The summed E-state index contributed by atoms with van der Waals surface area (Å²) in [7, 11) is 0. The van der Waals surface area contributed by atoms with E-state index in [0.717, 1.165) is 41.7 Å². The van der Waals surface area contributed by atoms with Gasteiger partial charge in [0.1, 0.15) is 5.84 Å². The zero-order valence-electron chi connectivity index (χ0n) is 13.6. The molecule has 1 aromatic carbocycles. The van der Waals surface area contributed by atoms with Gasteiger partial charge in [-0.15, -0.1) is 0 Å². The molecule has 1 heterocycles. The first-order valence-corrected chi connectivity index (χ1v) is 7.83. The third-order valence-electron chi connectivity index (χ3n) is 4.15. The van der Waals surface area contributed by atoms with Crippen molar-refractivity contribution in [1.82, 2.24) is 10.2 Å². The summed E-state index contributed by atoms with van der Waals surface area (Å²) in [6, 6.07) is 8.30. The van der Waals surface area contributed by atoms with Crippen LogP contribution in [0.4, 0.5) is 0 Å². The predicted octanol–water partition coefficient (Wildman–Crippen LogP) is 4.59. The van der Waals surface area contributed by atoms with Crippen LogP contribution in [0, 0.1) is 0 Å². The van der Waals surface area contributed by atoms with E-state index in [4.69, 9.17) is 0 Å². The van der Waals surface area contributed by atoms with Crippen molar-refractivity contribution in [3.8, 4) is 0 Å². The Kier molecular flexibility index (Phi) is 4.42. The fourth-order valence-electron chi connectivity index (χ4n) is 2.87. The first kappa shape index (κ1) is 15.3. The lowest BCUT2D eigenvalue weighted by Gasteiger charge is -2.11.